The number of aromatic nitrogens is 4. The van der Waals surface area contributed by atoms with Crippen LogP contribution in [-0.2, 0) is 68.4 Å². The molecule has 0 fully saturated rings. The van der Waals surface area contributed by atoms with E-state index in [0.29, 0.717) is 0 Å². The number of nitrogens with zero attached hydrogens (tertiary/aromatic N) is 4. The van der Waals surface area contributed by atoms with Crippen molar-refractivity contribution in [1.82, 2.24) is 19.9 Å². The quantitative estimate of drug-likeness (QED) is 0.211. The molecule has 0 amide bonds. The maximum absolute atomic E-state index is 5.54. The molecule has 0 N–H and O–H groups in total. The third kappa shape index (κ3) is 5.01. The summed E-state index contributed by atoms with van der Waals surface area (Å²) in [4.78, 5) is 22.0. The zero-order valence-corrected chi connectivity index (χ0v) is 30.7. The Balaban J connectivity index is 0.00000423. The second-order valence-electron chi connectivity index (χ2n) is 14.3. The molecule has 0 spiro atoms. The predicted octanol–water partition coefficient (Wildman–Crippen LogP) is 8.26. The molecule has 0 saturated carbocycles. The molecule has 0 saturated heterocycles. The first-order valence-corrected chi connectivity index (χ1v) is 16.0. The Bertz CT molecular complexity index is 1400. The Morgan fingerprint density at radius 1 is 0.442 bits per heavy atom. The normalized spacial score (nSPS) is 17.8. The zero-order chi connectivity index (χ0) is 30.8. The summed E-state index contributed by atoms with van der Waals surface area (Å²) in [5.74, 6) is 0. The van der Waals surface area contributed by atoms with E-state index in [2.05, 4.69) is 119 Å². The average molecular weight is 758 g/mol. The molecule has 0 aromatic carbocycles. The summed E-state index contributed by atoms with van der Waals surface area (Å²) in [5.41, 5.74) is 12.8. The van der Waals surface area contributed by atoms with Gasteiger partial charge in [-0.1, -0.05) is 117 Å². The van der Waals surface area contributed by atoms with Crippen molar-refractivity contribution in [3.63, 3.8) is 0 Å². The number of pyridine rings is 2. The van der Waals surface area contributed by atoms with Gasteiger partial charge < -0.3 is 9.97 Å². The molecule has 232 valence electrons. The van der Waals surface area contributed by atoms with Gasteiger partial charge in [0.2, 0.25) is 0 Å². The van der Waals surface area contributed by atoms with Crippen LogP contribution in [0.5, 0.6) is 0 Å². The van der Waals surface area contributed by atoms with E-state index in [4.69, 9.17) is 19.9 Å². The molecule has 4 aromatic heterocycles. The number of rotatable bonds is 4. The monoisotopic (exact) mass is 757 g/mol. The fourth-order valence-corrected chi connectivity index (χ4v) is 7.40. The summed E-state index contributed by atoms with van der Waals surface area (Å²) in [6, 6.07) is 13.1. The van der Waals surface area contributed by atoms with E-state index >= 15 is 0 Å². The summed E-state index contributed by atoms with van der Waals surface area (Å²) in [6.45, 7) is 27.4. The van der Waals surface area contributed by atoms with Gasteiger partial charge in [-0.05, 0) is 49.9 Å². The van der Waals surface area contributed by atoms with Crippen LogP contribution in [0.3, 0.4) is 0 Å². The van der Waals surface area contributed by atoms with Gasteiger partial charge in [0.05, 0.1) is 0 Å². The maximum atomic E-state index is 5.54. The van der Waals surface area contributed by atoms with Crippen LogP contribution in [0.1, 0.15) is 151 Å². The van der Waals surface area contributed by atoms with Crippen molar-refractivity contribution in [3.8, 4) is 0 Å². The summed E-state index contributed by atoms with van der Waals surface area (Å²) in [5, 5.41) is 0. The third-order valence-corrected chi connectivity index (χ3v) is 10.2. The second-order valence-corrected chi connectivity index (χ2v) is 14.3. The van der Waals surface area contributed by atoms with Crippen LogP contribution in [-0.4, -0.2) is 9.97 Å². The molecular formula is C38H50N4Pt. The fourth-order valence-electron chi connectivity index (χ4n) is 7.40. The largest absolute Gasteiger partial charge is 2.00 e. The fraction of sp³-hybridized carbons (Fsp3) is 0.526. The van der Waals surface area contributed by atoms with Crippen molar-refractivity contribution >= 4 is 0 Å². The predicted molar refractivity (Wildman–Crippen MR) is 174 cm³/mol. The van der Waals surface area contributed by atoms with Crippen LogP contribution in [0.2, 0.25) is 0 Å². The first kappa shape index (κ1) is 33.4. The molecule has 4 aromatic rings. The molecule has 8 bridgehead atoms. The number of hydrogen-bond acceptors (Lipinski definition) is 2. The molecule has 1 aliphatic rings. The first-order chi connectivity index (χ1) is 19.7. The van der Waals surface area contributed by atoms with Crippen molar-refractivity contribution in [3.05, 3.63) is 104 Å². The average Bonchev–Trinajstić information content (AvgIpc) is 3.57. The van der Waals surface area contributed by atoms with Crippen LogP contribution in [0.15, 0.2) is 36.4 Å². The van der Waals surface area contributed by atoms with Crippen molar-refractivity contribution in [1.29, 1.82) is 0 Å². The van der Waals surface area contributed by atoms with E-state index in [1.54, 1.807) is 0 Å². The van der Waals surface area contributed by atoms with Gasteiger partial charge in [0.1, 0.15) is 0 Å². The molecule has 0 radical (unpaired) electrons. The van der Waals surface area contributed by atoms with Crippen LogP contribution in [0.4, 0.5) is 0 Å². The van der Waals surface area contributed by atoms with Gasteiger partial charge >= 0.3 is 21.1 Å². The molecule has 4 nitrogen and oxygen atoms in total. The standard InChI is InChI=1S/C38H50N4.Pt/c1-13-23-24(14-2)32-36(7,8)28-20-18-22-30(40-28)38(11,12)34-26(16-4)25(15-3)33(42-34)37(9,10)29-21-17-19-27(39-29)35(5,6)31(23)41-32;/h17-22H,13-16H2,1-12H3;/q-2;+2. The van der Waals surface area contributed by atoms with Crippen molar-refractivity contribution in [2.24, 2.45) is 0 Å². The smallest absolute Gasteiger partial charge is 0.663 e. The molecule has 5 rings (SSSR count). The first-order valence-electron chi connectivity index (χ1n) is 16.0. The number of hydrogen-bond donors (Lipinski definition) is 0. The molecule has 43 heavy (non-hydrogen) atoms. The molecule has 0 atom stereocenters. The van der Waals surface area contributed by atoms with Gasteiger partial charge in [-0.25, -0.2) is 0 Å². The van der Waals surface area contributed by atoms with Crippen molar-refractivity contribution in [2.75, 3.05) is 0 Å². The van der Waals surface area contributed by atoms with Gasteiger partial charge in [-0.15, -0.1) is 22.8 Å². The Kier molecular flexibility index (Phi) is 8.93. The van der Waals surface area contributed by atoms with Crippen LogP contribution >= 0.6 is 0 Å². The summed E-state index contributed by atoms with van der Waals surface area (Å²) in [7, 11) is 0. The van der Waals surface area contributed by atoms with Gasteiger partial charge in [0.25, 0.3) is 0 Å². The maximum Gasteiger partial charge on any atom is 2.00 e. The molecular weight excluding hydrogens is 708 g/mol. The SMILES string of the molecule is CCc1c2[n-]c(c1CC)C(C)(C)c1cccc(n1)C(C)(C)c1[n-]c(c(CC)c1CC)C(C)(C)c1cccc(n1)C2(C)C.[Pt+2]. The van der Waals surface area contributed by atoms with E-state index in [9.17, 15) is 0 Å². The second kappa shape index (κ2) is 11.5. The minimum Gasteiger partial charge on any atom is -0.663 e. The van der Waals surface area contributed by atoms with E-state index in [1.165, 1.54) is 22.3 Å². The molecule has 5 heterocycles. The van der Waals surface area contributed by atoms with Gasteiger partial charge in [0.15, 0.2) is 0 Å². The third-order valence-electron chi connectivity index (χ3n) is 10.2. The summed E-state index contributed by atoms with van der Waals surface area (Å²) in [6.07, 6.45) is 3.76. The van der Waals surface area contributed by atoms with E-state index in [-0.39, 0.29) is 42.7 Å². The zero-order valence-electron chi connectivity index (χ0n) is 28.4. The van der Waals surface area contributed by atoms with E-state index in [1.807, 2.05) is 0 Å². The molecule has 5 heteroatoms. The number of fused-ring (bicyclic) bond motifs is 8. The Morgan fingerprint density at radius 3 is 0.837 bits per heavy atom. The van der Waals surface area contributed by atoms with Gasteiger partial charge in [-0.3, -0.25) is 9.97 Å². The van der Waals surface area contributed by atoms with Crippen LogP contribution < -0.4 is 9.97 Å². The van der Waals surface area contributed by atoms with Crippen LogP contribution in [0.25, 0.3) is 0 Å². The van der Waals surface area contributed by atoms with Gasteiger partial charge in [-0.2, -0.15) is 0 Å². The van der Waals surface area contributed by atoms with Crippen molar-refractivity contribution < 1.29 is 21.1 Å². The molecule has 0 unspecified atom stereocenters. The Hall–Kier alpha value is -2.45. The minimum atomic E-state index is -0.364. The summed E-state index contributed by atoms with van der Waals surface area (Å²) < 4.78 is 0. The molecule has 0 aliphatic carbocycles. The minimum absolute atomic E-state index is 0. The summed E-state index contributed by atoms with van der Waals surface area (Å²) >= 11 is 0. The Morgan fingerprint density at radius 2 is 0.651 bits per heavy atom. The Labute approximate surface area is 274 Å². The van der Waals surface area contributed by atoms with Crippen molar-refractivity contribution in [2.45, 2.75) is 130 Å². The van der Waals surface area contributed by atoms with Gasteiger partial charge in [0, 0.05) is 44.4 Å². The molecule has 1 aliphatic heterocycles. The van der Waals surface area contributed by atoms with E-state index < -0.39 is 0 Å². The van der Waals surface area contributed by atoms with E-state index in [0.717, 1.165) is 71.2 Å². The van der Waals surface area contributed by atoms with Crippen LogP contribution in [0, 0.1) is 0 Å². The topological polar surface area (TPSA) is 54.0 Å².